The van der Waals surface area contributed by atoms with Crippen molar-refractivity contribution in [2.24, 2.45) is 0 Å². The Morgan fingerprint density at radius 1 is 1.14 bits per heavy atom. The van der Waals surface area contributed by atoms with E-state index in [0.29, 0.717) is 37.0 Å². The fourth-order valence-corrected chi connectivity index (χ4v) is 2.98. The zero-order chi connectivity index (χ0) is 19.8. The van der Waals surface area contributed by atoms with E-state index in [0.717, 1.165) is 17.7 Å². The summed E-state index contributed by atoms with van der Waals surface area (Å²) >= 11 is 0. The predicted octanol–water partition coefficient (Wildman–Crippen LogP) is 3.99. The van der Waals surface area contributed by atoms with Gasteiger partial charge in [-0.15, -0.1) is 0 Å². The molecular weight excluding hydrogens is 354 g/mol. The number of aryl methyl sites for hydroxylation is 1. The molecule has 3 rings (SSSR count). The molecule has 1 atom stereocenters. The zero-order valence-corrected chi connectivity index (χ0v) is 16.2. The zero-order valence-electron chi connectivity index (χ0n) is 16.2. The second kappa shape index (κ2) is 9.69. The molecular formula is C22H25N3O3. The third kappa shape index (κ3) is 5.19. The summed E-state index contributed by atoms with van der Waals surface area (Å²) in [5, 5.41) is 7.00. The normalized spacial score (nSPS) is 11.8. The molecule has 146 valence electrons. The van der Waals surface area contributed by atoms with Gasteiger partial charge in [0.15, 0.2) is 0 Å². The van der Waals surface area contributed by atoms with Crippen molar-refractivity contribution in [1.29, 1.82) is 0 Å². The topological polar surface area (TPSA) is 77.2 Å². The molecule has 1 N–H and O–H groups in total. The van der Waals surface area contributed by atoms with Gasteiger partial charge in [0.25, 0.3) is 0 Å². The molecule has 0 aliphatic rings. The quantitative estimate of drug-likeness (QED) is 0.608. The highest BCUT2D eigenvalue weighted by molar-refractivity contribution is 5.76. The molecule has 0 saturated carbocycles. The maximum atomic E-state index is 12.2. The summed E-state index contributed by atoms with van der Waals surface area (Å²) in [4.78, 5) is 16.6. The summed E-state index contributed by atoms with van der Waals surface area (Å²) in [6.45, 7) is 2.75. The number of carbonyl (C=O) groups excluding carboxylic acids is 1. The number of amides is 1. The highest BCUT2D eigenvalue weighted by atomic mass is 16.5. The van der Waals surface area contributed by atoms with Gasteiger partial charge in [0, 0.05) is 30.9 Å². The molecule has 3 aromatic rings. The average Bonchev–Trinajstić information content (AvgIpc) is 3.22. The lowest BCUT2D eigenvalue weighted by molar-refractivity contribution is -0.121. The van der Waals surface area contributed by atoms with Crippen LogP contribution in [0, 0.1) is 0 Å². The Bertz CT molecular complexity index is 876. The largest absolute Gasteiger partial charge is 0.497 e. The summed E-state index contributed by atoms with van der Waals surface area (Å²) in [5.74, 6) is 2.03. The Balaban J connectivity index is 1.48. The maximum absolute atomic E-state index is 12.2. The number of rotatable bonds is 9. The van der Waals surface area contributed by atoms with Crippen LogP contribution in [0.15, 0.2) is 59.1 Å². The lowest BCUT2D eigenvalue weighted by Gasteiger charge is -2.16. The van der Waals surface area contributed by atoms with Crippen LogP contribution in [0.2, 0.25) is 0 Å². The fourth-order valence-electron chi connectivity index (χ4n) is 2.98. The summed E-state index contributed by atoms with van der Waals surface area (Å²) in [7, 11) is 1.62. The van der Waals surface area contributed by atoms with Crippen molar-refractivity contribution in [3.8, 4) is 17.1 Å². The van der Waals surface area contributed by atoms with Gasteiger partial charge in [-0.05, 0) is 36.2 Å². The lowest BCUT2D eigenvalue weighted by atomic mass is 9.96. The first kappa shape index (κ1) is 19.6. The maximum Gasteiger partial charge on any atom is 0.227 e. The van der Waals surface area contributed by atoms with Crippen molar-refractivity contribution in [2.75, 3.05) is 13.7 Å². The Kier molecular flexibility index (Phi) is 6.78. The van der Waals surface area contributed by atoms with Crippen molar-refractivity contribution in [3.63, 3.8) is 0 Å². The van der Waals surface area contributed by atoms with Crippen molar-refractivity contribution in [2.45, 2.75) is 32.1 Å². The molecule has 0 spiro atoms. The number of hydrogen-bond acceptors (Lipinski definition) is 5. The first-order valence-electron chi connectivity index (χ1n) is 9.48. The number of carbonyl (C=O) groups is 1. The Labute approximate surface area is 164 Å². The highest BCUT2D eigenvalue weighted by Crippen LogP contribution is 2.20. The number of hydrogen-bond donors (Lipinski definition) is 1. The summed E-state index contributed by atoms with van der Waals surface area (Å²) in [6, 6.07) is 17.7. The minimum absolute atomic E-state index is 0.0152. The van der Waals surface area contributed by atoms with Crippen LogP contribution < -0.4 is 10.1 Å². The van der Waals surface area contributed by atoms with Crippen LogP contribution in [-0.4, -0.2) is 29.7 Å². The first-order valence-corrected chi connectivity index (χ1v) is 9.48. The van der Waals surface area contributed by atoms with Crippen LogP contribution in [0.5, 0.6) is 5.75 Å². The van der Waals surface area contributed by atoms with Crippen LogP contribution in [-0.2, 0) is 11.2 Å². The van der Waals surface area contributed by atoms with Gasteiger partial charge in [0.05, 0.1) is 7.11 Å². The van der Waals surface area contributed by atoms with Crippen LogP contribution in [0.25, 0.3) is 11.4 Å². The van der Waals surface area contributed by atoms with Crippen molar-refractivity contribution in [3.05, 3.63) is 66.1 Å². The van der Waals surface area contributed by atoms with E-state index in [1.165, 1.54) is 5.56 Å². The Morgan fingerprint density at radius 2 is 1.89 bits per heavy atom. The minimum atomic E-state index is -0.0152. The fraction of sp³-hybridized carbons (Fsp3) is 0.318. The highest BCUT2D eigenvalue weighted by Gasteiger charge is 2.13. The predicted molar refractivity (Wildman–Crippen MR) is 107 cm³/mol. The molecule has 2 aromatic carbocycles. The van der Waals surface area contributed by atoms with Gasteiger partial charge in [-0.25, -0.2) is 0 Å². The van der Waals surface area contributed by atoms with Crippen molar-refractivity contribution >= 4 is 5.91 Å². The molecule has 1 aromatic heterocycles. The van der Waals surface area contributed by atoms with E-state index < -0.39 is 0 Å². The lowest BCUT2D eigenvalue weighted by Crippen LogP contribution is -2.28. The average molecular weight is 379 g/mol. The number of ether oxygens (including phenoxy) is 1. The number of methoxy groups -OCH3 is 1. The van der Waals surface area contributed by atoms with E-state index in [1.807, 2.05) is 42.5 Å². The standard InChI is InChI=1S/C22H25N3O3/c1-3-16(17-7-5-4-6-8-17)15-23-20(26)13-14-21-24-22(25-28-21)18-9-11-19(27-2)12-10-18/h4-12,16H,3,13-15H2,1-2H3,(H,23,26)/t16-/m1/s1. The van der Waals surface area contributed by atoms with Crippen LogP contribution >= 0.6 is 0 Å². The smallest absolute Gasteiger partial charge is 0.227 e. The molecule has 0 unspecified atom stereocenters. The van der Waals surface area contributed by atoms with Crippen molar-refractivity contribution in [1.82, 2.24) is 15.5 Å². The molecule has 0 aliphatic carbocycles. The van der Waals surface area contributed by atoms with E-state index in [9.17, 15) is 4.79 Å². The number of nitrogens with zero attached hydrogens (tertiary/aromatic N) is 2. The van der Waals surface area contributed by atoms with Crippen LogP contribution in [0.1, 0.15) is 37.1 Å². The number of nitrogens with one attached hydrogen (secondary N) is 1. The molecule has 0 bridgehead atoms. The molecule has 6 nitrogen and oxygen atoms in total. The number of benzene rings is 2. The molecule has 0 saturated heterocycles. The summed E-state index contributed by atoms with van der Waals surface area (Å²) in [6.07, 6.45) is 1.70. The van der Waals surface area contributed by atoms with Crippen LogP contribution in [0.3, 0.4) is 0 Å². The van der Waals surface area contributed by atoms with Gasteiger partial charge in [-0.1, -0.05) is 42.4 Å². The molecule has 0 fully saturated rings. The van der Waals surface area contributed by atoms with Gasteiger partial charge in [-0.3, -0.25) is 4.79 Å². The van der Waals surface area contributed by atoms with E-state index in [4.69, 9.17) is 9.26 Å². The van der Waals surface area contributed by atoms with E-state index in [-0.39, 0.29) is 5.91 Å². The molecule has 1 heterocycles. The van der Waals surface area contributed by atoms with Gasteiger partial charge in [-0.2, -0.15) is 4.98 Å². The summed E-state index contributed by atoms with van der Waals surface area (Å²) in [5.41, 5.74) is 2.08. The SMILES string of the molecule is CC[C@H](CNC(=O)CCc1nc(-c2ccc(OC)cc2)no1)c1ccccc1. The third-order valence-electron chi connectivity index (χ3n) is 4.69. The second-order valence-electron chi connectivity index (χ2n) is 6.56. The molecule has 1 amide bonds. The van der Waals surface area contributed by atoms with Gasteiger partial charge in [0.1, 0.15) is 5.75 Å². The molecule has 0 aliphatic heterocycles. The van der Waals surface area contributed by atoms with Gasteiger partial charge < -0.3 is 14.6 Å². The van der Waals surface area contributed by atoms with Crippen LogP contribution in [0.4, 0.5) is 0 Å². The molecule has 0 radical (unpaired) electrons. The van der Waals surface area contributed by atoms with Gasteiger partial charge >= 0.3 is 0 Å². The van der Waals surface area contributed by atoms with Crippen molar-refractivity contribution < 1.29 is 14.1 Å². The Hall–Kier alpha value is -3.15. The van der Waals surface area contributed by atoms with E-state index in [2.05, 4.69) is 34.5 Å². The van der Waals surface area contributed by atoms with E-state index in [1.54, 1.807) is 7.11 Å². The van der Waals surface area contributed by atoms with Gasteiger partial charge in [0.2, 0.25) is 17.6 Å². The number of aromatic nitrogens is 2. The van der Waals surface area contributed by atoms with E-state index >= 15 is 0 Å². The Morgan fingerprint density at radius 3 is 2.57 bits per heavy atom. The molecule has 28 heavy (non-hydrogen) atoms. The third-order valence-corrected chi connectivity index (χ3v) is 4.69. The minimum Gasteiger partial charge on any atom is -0.497 e. The molecule has 6 heteroatoms. The monoisotopic (exact) mass is 379 g/mol. The summed E-state index contributed by atoms with van der Waals surface area (Å²) < 4.78 is 10.4. The second-order valence-corrected chi connectivity index (χ2v) is 6.56. The first-order chi connectivity index (χ1) is 13.7.